The molecular formula is C23H27N3O3. The first-order valence-electron chi connectivity index (χ1n) is 10.3. The van der Waals surface area contributed by atoms with Crippen LogP contribution < -0.4 is 15.4 Å². The molecule has 3 N–H and O–H groups in total. The van der Waals surface area contributed by atoms with Gasteiger partial charge in [-0.05, 0) is 55.2 Å². The lowest BCUT2D eigenvalue weighted by atomic mass is 9.83. The van der Waals surface area contributed by atoms with Crippen LogP contribution in [0.25, 0.3) is 0 Å². The van der Waals surface area contributed by atoms with E-state index in [-0.39, 0.29) is 24.1 Å². The topological polar surface area (TPSA) is 88.6 Å². The molecule has 2 fully saturated rings. The molecule has 2 aromatic rings. The Labute approximate surface area is 171 Å². The summed E-state index contributed by atoms with van der Waals surface area (Å²) in [4.78, 5) is 14.3. The van der Waals surface area contributed by atoms with Gasteiger partial charge in [0.05, 0.1) is 6.54 Å². The summed E-state index contributed by atoms with van der Waals surface area (Å²) in [6, 6.07) is 16.9. The minimum atomic E-state index is -0.358. The van der Waals surface area contributed by atoms with Crippen molar-refractivity contribution in [1.82, 2.24) is 0 Å². The lowest BCUT2D eigenvalue weighted by Gasteiger charge is -2.33. The zero-order valence-electron chi connectivity index (χ0n) is 16.4. The second kappa shape index (κ2) is 8.55. The predicted molar refractivity (Wildman–Crippen MR) is 113 cm³/mol. The van der Waals surface area contributed by atoms with Crippen molar-refractivity contribution in [1.29, 1.82) is 5.41 Å². The van der Waals surface area contributed by atoms with Crippen molar-refractivity contribution in [2.75, 3.05) is 11.4 Å². The number of amides is 1. The third-order valence-electron chi connectivity index (χ3n) is 5.82. The summed E-state index contributed by atoms with van der Waals surface area (Å²) in [5.41, 5.74) is 6.89. The molecule has 1 aliphatic carbocycles. The first kappa shape index (κ1) is 19.3. The van der Waals surface area contributed by atoms with Crippen molar-refractivity contribution >= 4 is 17.6 Å². The Balaban J connectivity index is 1.53. The Kier molecular flexibility index (Phi) is 5.69. The van der Waals surface area contributed by atoms with Crippen LogP contribution in [0.2, 0.25) is 0 Å². The number of benzene rings is 2. The molecule has 0 bridgehead atoms. The number of nitrogens with zero attached hydrogens (tertiary/aromatic N) is 1. The molecule has 0 radical (unpaired) electrons. The first-order chi connectivity index (χ1) is 14.1. The molecule has 29 heavy (non-hydrogen) atoms. The molecule has 6 nitrogen and oxygen atoms in total. The maximum absolute atomic E-state index is 12.6. The Bertz CT molecular complexity index is 847. The van der Waals surface area contributed by atoms with E-state index in [0.29, 0.717) is 18.0 Å². The zero-order chi connectivity index (χ0) is 20.2. The zero-order valence-corrected chi connectivity index (χ0v) is 16.4. The number of ether oxygens (including phenoxy) is 2. The molecule has 0 spiro atoms. The van der Waals surface area contributed by atoms with Crippen molar-refractivity contribution < 1.29 is 14.3 Å². The van der Waals surface area contributed by atoms with Gasteiger partial charge in [-0.2, -0.15) is 0 Å². The number of anilines is 1. The molecule has 2 unspecified atom stereocenters. The van der Waals surface area contributed by atoms with E-state index < -0.39 is 0 Å². The molecule has 1 heterocycles. The summed E-state index contributed by atoms with van der Waals surface area (Å²) in [7, 11) is 0. The number of rotatable bonds is 6. The number of nitrogens with one attached hydrogen (secondary N) is 1. The number of hydrogen-bond donors (Lipinski definition) is 2. The highest BCUT2D eigenvalue weighted by atomic mass is 16.6. The molecule has 152 valence electrons. The SMILES string of the molecule is N=C(N)c1ccc(N2CC(C(Oc3ccccc3)C3CCCCC3)OC2=O)cc1. The molecule has 2 aromatic carbocycles. The monoisotopic (exact) mass is 393 g/mol. The van der Waals surface area contributed by atoms with Crippen molar-refractivity contribution in [3.05, 3.63) is 60.2 Å². The minimum absolute atomic E-state index is 0.00653. The van der Waals surface area contributed by atoms with Crippen LogP contribution in [-0.4, -0.2) is 30.7 Å². The largest absolute Gasteiger partial charge is 0.486 e. The number of nitrogens with two attached hydrogens (primary N) is 1. The van der Waals surface area contributed by atoms with E-state index >= 15 is 0 Å². The molecule has 6 heteroatoms. The van der Waals surface area contributed by atoms with Gasteiger partial charge in [-0.25, -0.2) is 4.79 Å². The van der Waals surface area contributed by atoms with Crippen LogP contribution in [0, 0.1) is 11.3 Å². The molecule has 2 aliphatic rings. The lowest BCUT2D eigenvalue weighted by molar-refractivity contribution is 0.00316. The second-order valence-electron chi connectivity index (χ2n) is 7.79. The average Bonchev–Trinajstić information content (AvgIpc) is 3.14. The fourth-order valence-corrected chi connectivity index (χ4v) is 4.28. The summed E-state index contributed by atoms with van der Waals surface area (Å²) in [5, 5.41) is 7.52. The molecule has 1 saturated carbocycles. The number of hydrogen-bond acceptors (Lipinski definition) is 4. The number of carbonyl (C=O) groups excluding carboxylic acids is 1. The molecule has 0 aromatic heterocycles. The highest BCUT2D eigenvalue weighted by molar-refractivity contribution is 5.96. The van der Waals surface area contributed by atoms with Gasteiger partial charge in [0.15, 0.2) is 6.10 Å². The van der Waals surface area contributed by atoms with E-state index in [9.17, 15) is 4.79 Å². The van der Waals surface area contributed by atoms with Crippen molar-refractivity contribution in [3.63, 3.8) is 0 Å². The molecule has 2 atom stereocenters. The van der Waals surface area contributed by atoms with Crippen LogP contribution >= 0.6 is 0 Å². The second-order valence-corrected chi connectivity index (χ2v) is 7.79. The number of amidine groups is 1. The highest BCUT2D eigenvalue weighted by Gasteiger charge is 2.42. The molecule has 1 aliphatic heterocycles. The quantitative estimate of drug-likeness (QED) is 0.565. The van der Waals surface area contributed by atoms with Gasteiger partial charge >= 0.3 is 6.09 Å². The summed E-state index contributed by atoms with van der Waals surface area (Å²) >= 11 is 0. The van der Waals surface area contributed by atoms with Gasteiger partial charge in [-0.3, -0.25) is 10.3 Å². The predicted octanol–water partition coefficient (Wildman–Crippen LogP) is 4.32. The summed E-state index contributed by atoms with van der Waals surface area (Å²) in [5.74, 6) is 1.19. The van der Waals surface area contributed by atoms with E-state index in [1.165, 1.54) is 19.3 Å². The Morgan fingerprint density at radius 1 is 1.07 bits per heavy atom. The van der Waals surface area contributed by atoms with E-state index in [4.69, 9.17) is 20.6 Å². The Morgan fingerprint density at radius 2 is 1.76 bits per heavy atom. The number of cyclic esters (lactones) is 1. The molecular weight excluding hydrogens is 366 g/mol. The van der Waals surface area contributed by atoms with Crippen LogP contribution in [0.3, 0.4) is 0 Å². The van der Waals surface area contributed by atoms with Gasteiger partial charge < -0.3 is 15.2 Å². The lowest BCUT2D eigenvalue weighted by Crippen LogP contribution is -2.42. The van der Waals surface area contributed by atoms with Crippen LogP contribution in [0.15, 0.2) is 54.6 Å². The van der Waals surface area contributed by atoms with Gasteiger partial charge in [0.2, 0.25) is 0 Å². The Hall–Kier alpha value is -3.02. The Morgan fingerprint density at radius 3 is 2.41 bits per heavy atom. The summed E-state index contributed by atoms with van der Waals surface area (Å²) in [6.45, 7) is 0.451. The number of para-hydroxylation sites is 1. The van der Waals surface area contributed by atoms with Crippen molar-refractivity contribution in [2.24, 2.45) is 11.7 Å². The van der Waals surface area contributed by atoms with Gasteiger partial charge in [0.25, 0.3) is 0 Å². The number of nitrogen functional groups attached to an aromatic ring is 1. The minimum Gasteiger partial charge on any atom is -0.486 e. The standard InChI is InChI=1S/C23H27N3O3/c24-22(25)17-11-13-18(14-12-17)26-15-20(29-23(26)27)21(16-7-3-1-4-8-16)28-19-9-5-2-6-10-19/h2,5-6,9-14,16,20-21H,1,3-4,7-8,15H2,(H3,24,25). The maximum atomic E-state index is 12.6. The van der Waals surface area contributed by atoms with E-state index in [2.05, 4.69) is 0 Å². The van der Waals surface area contributed by atoms with Crippen molar-refractivity contribution in [2.45, 2.75) is 44.3 Å². The summed E-state index contributed by atoms with van der Waals surface area (Å²) < 4.78 is 12.2. The maximum Gasteiger partial charge on any atom is 0.414 e. The van der Waals surface area contributed by atoms with Crippen LogP contribution in [0.1, 0.15) is 37.7 Å². The molecule has 1 amide bonds. The molecule has 4 rings (SSSR count). The van der Waals surface area contributed by atoms with E-state index in [1.54, 1.807) is 29.2 Å². The van der Waals surface area contributed by atoms with E-state index in [1.807, 2.05) is 30.3 Å². The normalized spacial score (nSPS) is 20.9. The van der Waals surface area contributed by atoms with Crippen molar-refractivity contribution in [3.8, 4) is 5.75 Å². The van der Waals surface area contributed by atoms with Gasteiger partial charge in [-0.1, -0.05) is 37.5 Å². The smallest absolute Gasteiger partial charge is 0.414 e. The van der Waals surface area contributed by atoms with E-state index in [0.717, 1.165) is 24.3 Å². The van der Waals surface area contributed by atoms with Crippen LogP contribution in [-0.2, 0) is 4.74 Å². The third-order valence-corrected chi connectivity index (χ3v) is 5.82. The van der Waals surface area contributed by atoms with Gasteiger partial charge in [-0.15, -0.1) is 0 Å². The average molecular weight is 393 g/mol. The fourth-order valence-electron chi connectivity index (χ4n) is 4.28. The summed E-state index contributed by atoms with van der Waals surface area (Å²) in [6.07, 6.45) is 4.99. The fraction of sp³-hybridized carbons (Fsp3) is 0.391. The number of carbonyl (C=O) groups is 1. The highest BCUT2D eigenvalue weighted by Crippen LogP contribution is 2.34. The molecule has 1 saturated heterocycles. The first-order valence-corrected chi connectivity index (χ1v) is 10.3. The third kappa shape index (κ3) is 4.36. The van der Waals surface area contributed by atoms with Gasteiger partial charge in [0, 0.05) is 11.3 Å². The van der Waals surface area contributed by atoms with Crippen LogP contribution in [0.5, 0.6) is 5.75 Å². The van der Waals surface area contributed by atoms with Gasteiger partial charge in [0.1, 0.15) is 17.7 Å². The van der Waals surface area contributed by atoms with Crippen LogP contribution in [0.4, 0.5) is 10.5 Å².